The molecule has 0 bridgehead atoms. The van der Waals surface area contributed by atoms with Crippen LogP contribution < -0.4 is 10.6 Å². The van der Waals surface area contributed by atoms with Crippen LogP contribution in [0.15, 0.2) is 24.3 Å². The molecule has 6 nitrogen and oxygen atoms in total. The fraction of sp³-hybridized carbons (Fsp3) is 0.273. The summed E-state index contributed by atoms with van der Waals surface area (Å²) in [5, 5.41) is 13.7. The van der Waals surface area contributed by atoms with Crippen molar-refractivity contribution in [1.82, 2.24) is 5.32 Å². The van der Waals surface area contributed by atoms with Crippen molar-refractivity contribution in [2.75, 3.05) is 19.0 Å². The number of carboxylic acid groups (broad SMARTS) is 1. The fourth-order valence-electron chi connectivity index (χ4n) is 1.20. The smallest absolute Gasteiger partial charge is 0.328 e. The van der Waals surface area contributed by atoms with E-state index in [0.717, 1.165) is 3.57 Å². The average molecular weight is 364 g/mol. The zero-order chi connectivity index (χ0) is 13.5. The number of carbonyl (C=O) groups is 2. The molecule has 0 aromatic heterocycles. The molecule has 0 heterocycles. The monoisotopic (exact) mass is 364 g/mol. The van der Waals surface area contributed by atoms with Crippen LogP contribution >= 0.6 is 22.6 Å². The van der Waals surface area contributed by atoms with Crippen molar-refractivity contribution in [3.63, 3.8) is 0 Å². The summed E-state index contributed by atoms with van der Waals surface area (Å²) in [6, 6.07) is 5.47. The molecule has 1 atom stereocenters. The van der Waals surface area contributed by atoms with Gasteiger partial charge in [-0.15, -0.1) is 0 Å². The third-order valence-electron chi connectivity index (χ3n) is 2.04. The number of carbonyl (C=O) groups excluding carboxylic acids is 1. The molecule has 98 valence electrons. The van der Waals surface area contributed by atoms with E-state index in [1.54, 1.807) is 12.1 Å². The van der Waals surface area contributed by atoms with E-state index in [-0.39, 0.29) is 6.61 Å². The maximum atomic E-state index is 11.5. The number of anilines is 1. The predicted octanol–water partition coefficient (Wildman–Crippen LogP) is 1.51. The van der Waals surface area contributed by atoms with Gasteiger partial charge < -0.3 is 20.5 Å². The number of ether oxygens (including phenoxy) is 1. The molecule has 1 aromatic rings. The van der Waals surface area contributed by atoms with Crippen molar-refractivity contribution in [1.29, 1.82) is 0 Å². The molecule has 0 radical (unpaired) electrons. The quantitative estimate of drug-likeness (QED) is 0.692. The number of halogens is 1. The molecule has 0 aliphatic heterocycles. The minimum atomic E-state index is -1.14. The maximum Gasteiger partial charge on any atom is 0.328 e. The van der Waals surface area contributed by atoms with Gasteiger partial charge in [-0.1, -0.05) is 0 Å². The average Bonchev–Trinajstić information content (AvgIpc) is 2.31. The van der Waals surface area contributed by atoms with Gasteiger partial charge in [0.2, 0.25) is 0 Å². The van der Waals surface area contributed by atoms with E-state index < -0.39 is 18.0 Å². The Morgan fingerprint density at radius 3 is 2.50 bits per heavy atom. The lowest BCUT2D eigenvalue weighted by Gasteiger charge is -2.14. The predicted molar refractivity (Wildman–Crippen MR) is 74.6 cm³/mol. The van der Waals surface area contributed by atoms with Crippen LogP contribution in [0.2, 0.25) is 0 Å². The second-order valence-corrected chi connectivity index (χ2v) is 4.70. The topological polar surface area (TPSA) is 87.7 Å². The van der Waals surface area contributed by atoms with Gasteiger partial charge in [0.25, 0.3) is 0 Å². The highest BCUT2D eigenvalue weighted by Crippen LogP contribution is 2.10. The highest BCUT2D eigenvalue weighted by molar-refractivity contribution is 14.1. The number of benzene rings is 1. The molecule has 0 aliphatic rings. The molecule has 1 rings (SSSR count). The van der Waals surface area contributed by atoms with Crippen molar-refractivity contribution in [2.45, 2.75) is 6.04 Å². The zero-order valence-electron chi connectivity index (χ0n) is 9.64. The molecule has 1 aromatic carbocycles. The van der Waals surface area contributed by atoms with Gasteiger partial charge in [0.05, 0.1) is 6.61 Å². The van der Waals surface area contributed by atoms with Crippen molar-refractivity contribution < 1.29 is 19.4 Å². The van der Waals surface area contributed by atoms with E-state index in [2.05, 4.69) is 33.2 Å². The summed E-state index contributed by atoms with van der Waals surface area (Å²) in [6.07, 6.45) is 0. The minimum absolute atomic E-state index is 0.0879. The first-order chi connectivity index (χ1) is 8.52. The summed E-state index contributed by atoms with van der Waals surface area (Å²) < 4.78 is 5.75. The van der Waals surface area contributed by atoms with Gasteiger partial charge in [0, 0.05) is 16.4 Å². The molecular formula is C11H13IN2O4. The van der Waals surface area contributed by atoms with Crippen molar-refractivity contribution in [2.24, 2.45) is 0 Å². The van der Waals surface area contributed by atoms with Gasteiger partial charge in [-0.2, -0.15) is 0 Å². The van der Waals surface area contributed by atoms with E-state index in [0.29, 0.717) is 5.69 Å². The van der Waals surface area contributed by atoms with Gasteiger partial charge in [0.1, 0.15) is 0 Å². The lowest BCUT2D eigenvalue weighted by molar-refractivity contribution is -0.140. The number of nitrogens with one attached hydrogen (secondary N) is 2. The largest absolute Gasteiger partial charge is 0.480 e. The molecule has 18 heavy (non-hydrogen) atoms. The number of methoxy groups -OCH3 is 1. The van der Waals surface area contributed by atoms with Crippen molar-refractivity contribution in [3.8, 4) is 0 Å². The van der Waals surface area contributed by atoms with Crippen LogP contribution in [0.4, 0.5) is 10.5 Å². The lowest BCUT2D eigenvalue weighted by atomic mass is 10.3. The van der Waals surface area contributed by atoms with Crippen LogP contribution in [0.1, 0.15) is 0 Å². The number of rotatable bonds is 5. The number of carboxylic acids is 1. The zero-order valence-corrected chi connectivity index (χ0v) is 11.8. The molecule has 0 aliphatic carbocycles. The Balaban J connectivity index is 2.54. The number of amides is 2. The maximum absolute atomic E-state index is 11.5. The van der Waals surface area contributed by atoms with Gasteiger partial charge >= 0.3 is 12.0 Å². The Bertz CT molecular complexity index is 422. The number of hydrogen-bond acceptors (Lipinski definition) is 3. The van der Waals surface area contributed by atoms with Gasteiger partial charge in [0.15, 0.2) is 6.04 Å². The second kappa shape index (κ2) is 7.17. The van der Waals surface area contributed by atoms with E-state index in [1.165, 1.54) is 7.11 Å². The summed E-state index contributed by atoms with van der Waals surface area (Å²) in [6.45, 7) is -0.0879. The number of hydrogen-bond donors (Lipinski definition) is 3. The third-order valence-corrected chi connectivity index (χ3v) is 2.76. The standard InChI is InChI=1S/C11H13IN2O4/c1-18-6-9(10(15)16)14-11(17)13-8-4-2-7(12)3-5-8/h2-5,9H,6H2,1H3,(H,15,16)(H2,13,14,17). The first-order valence-corrected chi connectivity index (χ1v) is 6.15. The van der Waals surface area contributed by atoms with Crippen LogP contribution in [0, 0.1) is 3.57 Å². The Labute approximate surface area is 118 Å². The van der Waals surface area contributed by atoms with Gasteiger partial charge in [-0.05, 0) is 46.9 Å². The van der Waals surface area contributed by atoms with E-state index in [9.17, 15) is 9.59 Å². The first-order valence-electron chi connectivity index (χ1n) is 5.07. The molecule has 0 saturated carbocycles. The van der Waals surface area contributed by atoms with Crippen LogP contribution in [-0.2, 0) is 9.53 Å². The Morgan fingerprint density at radius 1 is 1.39 bits per heavy atom. The van der Waals surface area contributed by atoms with E-state index in [1.807, 2.05) is 12.1 Å². The Kier molecular flexibility index (Phi) is 5.86. The molecule has 0 spiro atoms. The molecule has 0 fully saturated rings. The normalized spacial score (nSPS) is 11.7. The molecule has 3 N–H and O–H groups in total. The summed E-state index contributed by atoms with van der Waals surface area (Å²) in [5.41, 5.74) is 0.592. The molecule has 0 saturated heterocycles. The van der Waals surface area contributed by atoms with E-state index in [4.69, 9.17) is 9.84 Å². The lowest BCUT2D eigenvalue weighted by Crippen LogP contribution is -2.45. The van der Waals surface area contributed by atoms with Gasteiger partial charge in [-0.25, -0.2) is 9.59 Å². The minimum Gasteiger partial charge on any atom is -0.480 e. The summed E-state index contributed by atoms with van der Waals surface area (Å²) in [4.78, 5) is 22.3. The van der Waals surface area contributed by atoms with E-state index >= 15 is 0 Å². The molecular weight excluding hydrogens is 351 g/mol. The summed E-state index contributed by atoms with van der Waals surface area (Å²) >= 11 is 2.15. The Hall–Kier alpha value is -1.35. The van der Waals surface area contributed by atoms with Crippen molar-refractivity contribution in [3.05, 3.63) is 27.8 Å². The molecule has 2 amide bonds. The highest BCUT2D eigenvalue weighted by Gasteiger charge is 2.19. The van der Waals surface area contributed by atoms with Crippen LogP contribution in [0.3, 0.4) is 0 Å². The van der Waals surface area contributed by atoms with Crippen LogP contribution in [0.25, 0.3) is 0 Å². The van der Waals surface area contributed by atoms with Gasteiger partial charge in [-0.3, -0.25) is 0 Å². The Morgan fingerprint density at radius 2 is 2.00 bits per heavy atom. The molecule has 7 heteroatoms. The summed E-state index contributed by atoms with van der Waals surface area (Å²) in [7, 11) is 1.37. The SMILES string of the molecule is COCC(NC(=O)Nc1ccc(I)cc1)C(=O)O. The second-order valence-electron chi connectivity index (χ2n) is 3.45. The highest BCUT2D eigenvalue weighted by atomic mass is 127. The van der Waals surface area contributed by atoms with Crippen LogP contribution in [0.5, 0.6) is 0 Å². The number of aliphatic carboxylic acids is 1. The van der Waals surface area contributed by atoms with Crippen molar-refractivity contribution >= 4 is 40.3 Å². The molecule has 1 unspecified atom stereocenters. The fourth-order valence-corrected chi connectivity index (χ4v) is 1.56. The van der Waals surface area contributed by atoms with Crippen LogP contribution in [-0.4, -0.2) is 36.9 Å². The summed E-state index contributed by atoms with van der Waals surface area (Å²) in [5.74, 6) is -1.14. The third kappa shape index (κ3) is 4.88. The number of urea groups is 1. The first kappa shape index (κ1) is 14.7.